The minimum absolute atomic E-state index is 0.445. The molecule has 2 heterocycles. The molecule has 1 aromatic heterocycles. The number of piperazine rings is 1. The molecule has 1 fully saturated rings. The van der Waals surface area contributed by atoms with Crippen molar-refractivity contribution in [1.29, 1.82) is 0 Å². The number of hydrogen-bond donors (Lipinski definition) is 2. The van der Waals surface area contributed by atoms with Crippen LogP contribution in [0.3, 0.4) is 0 Å². The third-order valence-corrected chi connectivity index (χ3v) is 3.60. The van der Waals surface area contributed by atoms with Crippen molar-refractivity contribution in [3.8, 4) is 0 Å². The molecule has 0 bridgehead atoms. The Hall–Kier alpha value is -2.14. The lowest BCUT2D eigenvalue weighted by Gasteiger charge is -2.35. The van der Waals surface area contributed by atoms with Crippen LogP contribution in [0.1, 0.15) is 5.56 Å². The molecule has 3 N–H and O–H groups in total. The molecule has 5 nitrogen and oxygen atoms in total. The number of hydrogen-bond acceptors (Lipinski definition) is 5. The Labute approximate surface area is 118 Å². The van der Waals surface area contributed by atoms with E-state index >= 15 is 0 Å². The number of anilines is 2. The monoisotopic (exact) mass is 269 g/mol. The molecule has 20 heavy (non-hydrogen) atoms. The van der Waals surface area contributed by atoms with E-state index in [0.717, 1.165) is 31.7 Å². The average Bonchev–Trinajstić information content (AvgIpc) is 2.49. The van der Waals surface area contributed by atoms with Gasteiger partial charge < -0.3 is 16.0 Å². The summed E-state index contributed by atoms with van der Waals surface area (Å²) < 4.78 is 0. The Morgan fingerprint density at radius 2 is 2.15 bits per heavy atom. The van der Waals surface area contributed by atoms with Crippen LogP contribution in [-0.4, -0.2) is 35.9 Å². The zero-order chi connectivity index (χ0) is 13.8. The number of rotatable bonds is 3. The quantitative estimate of drug-likeness (QED) is 0.873. The first-order valence-corrected chi connectivity index (χ1v) is 6.92. The SMILES string of the molecule is Nc1cc(N2CCNC(Cc3ccccc3)C2)cnn1. The molecule has 1 unspecified atom stereocenters. The van der Waals surface area contributed by atoms with Gasteiger partial charge in [0.15, 0.2) is 0 Å². The number of nitrogens with one attached hydrogen (secondary N) is 1. The standard InChI is InChI=1S/C15H19N5/c16-15-9-14(10-18-19-15)20-7-6-17-13(11-20)8-12-4-2-1-3-5-12/h1-5,9-10,13,17H,6-8,11H2,(H2,16,19). The number of nitrogens with zero attached hydrogens (tertiary/aromatic N) is 3. The minimum Gasteiger partial charge on any atom is -0.382 e. The third-order valence-electron chi connectivity index (χ3n) is 3.60. The highest BCUT2D eigenvalue weighted by Gasteiger charge is 2.20. The molecule has 2 aromatic rings. The van der Waals surface area contributed by atoms with Crippen molar-refractivity contribution in [3.63, 3.8) is 0 Å². The Morgan fingerprint density at radius 1 is 1.30 bits per heavy atom. The van der Waals surface area contributed by atoms with Gasteiger partial charge in [-0.3, -0.25) is 0 Å². The van der Waals surface area contributed by atoms with E-state index in [1.807, 2.05) is 6.07 Å². The summed E-state index contributed by atoms with van der Waals surface area (Å²) in [7, 11) is 0. The van der Waals surface area contributed by atoms with Crippen molar-refractivity contribution in [2.45, 2.75) is 12.5 Å². The zero-order valence-corrected chi connectivity index (χ0v) is 11.4. The summed E-state index contributed by atoms with van der Waals surface area (Å²) in [5, 5.41) is 11.3. The molecule has 0 spiro atoms. The van der Waals surface area contributed by atoms with Crippen molar-refractivity contribution in [3.05, 3.63) is 48.2 Å². The molecule has 5 heteroatoms. The van der Waals surface area contributed by atoms with Crippen molar-refractivity contribution in [2.24, 2.45) is 0 Å². The van der Waals surface area contributed by atoms with E-state index in [9.17, 15) is 0 Å². The van der Waals surface area contributed by atoms with E-state index in [-0.39, 0.29) is 0 Å². The second-order valence-electron chi connectivity index (χ2n) is 5.13. The first kappa shape index (κ1) is 12.9. The normalized spacial score (nSPS) is 19.0. The van der Waals surface area contributed by atoms with E-state index in [2.05, 4.69) is 50.7 Å². The predicted octanol–water partition coefficient (Wildman–Crippen LogP) is 1.08. The van der Waals surface area contributed by atoms with E-state index in [0.29, 0.717) is 11.9 Å². The van der Waals surface area contributed by atoms with E-state index in [1.165, 1.54) is 5.56 Å². The van der Waals surface area contributed by atoms with Crippen molar-refractivity contribution < 1.29 is 0 Å². The molecular weight excluding hydrogens is 250 g/mol. The largest absolute Gasteiger partial charge is 0.382 e. The predicted molar refractivity (Wildman–Crippen MR) is 80.6 cm³/mol. The summed E-state index contributed by atoms with van der Waals surface area (Å²) >= 11 is 0. The van der Waals surface area contributed by atoms with Crippen molar-refractivity contribution >= 4 is 11.5 Å². The van der Waals surface area contributed by atoms with Gasteiger partial charge in [0.25, 0.3) is 0 Å². The molecule has 1 aromatic carbocycles. The molecule has 0 aliphatic carbocycles. The number of nitrogens with two attached hydrogens (primary N) is 1. The highest BCUT2D eigenvalue weighted by molar-refractivity contribution is 5.50. The van der Waals surface area contributed by atoms with Gasteiger partial charge >= 0.3 is 0 Å². The van der Waals surface area contributed by atoms with Gasteiger partial charge in [-0.1, -0.05) is 30.3 Å². The Kier molecular flexibility index (Phi) is 3.78. The fraction of sp³-hybridized carbons (Fsp3) is 0.333. The van der Waals surface area contributed by atoms with Gasteiger partial charge in [0.1, 0.15) is 5.82 Å². The van der Waals surface area contributed by atoms with Gasteiger partial charge in [0.05, 0.1) is 11.9 Å². The van der Waals surface area contributed by atoms with Crippen molar-refractivity contribution in [2.75, 3.05) is 30.3 Å². The minimum atomic E-state index is 0.445. The Balaban J connectivity index is 1.67. The van der Waals surface area contributed by atoms with E-state index < -0.39 is 0 Å². The van der Waals surface area contributed by atoms with Crippen LogP contribution in [0.2, 0.25) is 0 Å². The maximum absolute atomic E-state index is 5.71. The van der Waals surface area contributed by atoms with E-state index in [1.54, 1.807) is 6.20 Å². The molecular formula is C15H19N5. The second-order valence-corrected chi connectivity index (χ2v) is 5.13. The van der Waals surface area contributed by atoms with Gasteiger partial charge in [-0.15, -0.1) is 5.10 Å². The molecule has 1 saturated heterocycles. The second kappa shape index (κ2) is 5.88. The van der Waals surface area contributed by atoms with Gasteiger partial charge in [0.2, 0.25) is 0 Å². The molecule has 1 aliphatic rings. The van der Waals surface area contributed by atoms with Gasteiger partial charge in [-0.2, -0.15) is 5.10 Å². The topological polar surface area (TPSA) is 67.1 Å². The maximum Gasteiger partial charge on any atom is 0.148 e. The fourth-order valence-electron chi connectivity index (χ4n) is 2.64. The first-order chi connectivity index (χ1) is 9.81. The van der Waals surface area contributed by atoms with Gasteiger partial charge in [0, 0.05) is 31.7 Å². The Morgan fingerprint density at radius 3 is 2.95 bits per heavy atom. The molecule has 3 rings (SSSR count). The first-order valence-electron chi connectivity index (χ1n) is 6.92. The number of benzene rings is 1. The van der Waals surface area contributed by atoms with Crippen LogP contribution in [0, 0.1) is 0 Å². The highest BCUT2D eigenvalue weighted by Crippen LogP contribution is 2.17. The molecule has 0 amide bonds. The van der Waals surface area contributed by atoms with E-state index in [4.69, 9.17) is 5.73 Å². The zero-order valence-electron chi connectivity index (χ0n) is 11.4. The maximum atomic E-state index is 5.71. The highest BCUT2D eigenvalue weighted by atomic mass is 15.2. The molecule has 104 valence electrons. The summed E-state index contributed by atoms with van der Waals surface area (Å²) in [5.41, 5.74) is 8.12. The average molecular weight is 269 g/mol. The number of nitrogen functional groups attached to an aromatic ring is 1. The molecule has 0 saturated carbocycles. The number of aromatic nitrogens is 2. The summed E-state index contributed by atoms with van der Waals surface area (Å²) in [6.07, 6.45) is 2.81. The van der Waals surface area contributed by atoms with Crippen LogP contribution in [-0.2, 0) is 6.42 Å². The van der Waals surface area contributed by atoms with Crippen LogP contribution in [0.4, 0.5) is 11.5 Å². The van der Waals surface area contributed by atoms with Crippen LogP contribution >= 0.6 is 0 Å². The van der Waals surface area contributed by atoms with Crippen LogP contribution < -0.4 is 16.0 Å². The summed E-state index contributed by atoms with van der Waals surface area (Å²) in [5.74, 6) is 0.473. The van der Waals surface area contributed by atoms with Crippen molar-refractivity contribution in [1.82, 2.24) is 15.5 Å². The lowest BCUT2D eigenvalue weighted by molar-refractivity contribution is 0.454. The van der Waals surface area contributed by atoms with Crippen LogP contribution in [0.25, 0.3) is 0 Å². The summed E-state index contributed by atoms with van der Waals surface area (Å²) in [6, 6.07) is 12.9. The van der Waals surface area contributed by atoms with Crippen LogP contribution in [0.15, 0.2) is 42.6 Å². The smallest absolute Gasteiger partial charge is 0.148 e. The van der Waals surface area contributed by atoms with Gasteiger partial charge in [-0.05, 0) is 12.0 Å². The third kappa shape index (κ3) is 3.05. The Bertz CT molecular complexity index is 557. The summed E-state index contributed by atoms with van der Waals surface area (Å²) in [6.45, 7) is 2.90. The fourth-order valence-corrected chi connectivity index (χ4v) is 2.64. The lowest BCUT2D eigenvalue weighted by Crippen LogP contribution is -2.51. The van der Waals surface area contributed by atoms with Gasteiger partial charge in [-0.25, -0.2) is 0 Å². The molecule has 0 radical (unpaired) electrons. The summed E-state index contributed by atoms with van der Waals surface area (Å²) in [4.78, 5) is 2.31. The lowest BCUT2D eigenvalue weighted by atomic mass is 10.0. The van der Waals surface area contributed by atoms with Crippen LogP contribution in [0.5, 0.6) is 0 Å². The molecule has 1 aliphatic heterocycles. The molecule has 1 atom stereocenters.